The number of anilines is 1. The SMILES string of the molecule is CC(C)=CCCC1=CC[C@H](/C=N\Nc2nnc3c(n2)[nH]c2c(C)cccc23)[C@@H](C)C1. The number of hydrazone groups is 1. The zero-order valence-electron chi connectivity index (χ0n) is 18.2. The normalized spacial score (nSPS) is 19.4. The Kier molecular flexibility index (Phi) is 5.93. The van der Waals surface area contributed by atoms with Gasteiger partial charge < -0.3 is 4.98 Å². The van der Waals surface area contributed by atoms with Crippen LogP contribution in [-0.4, -0.2) is 26.4 Å². The van der Waals surface area contributed by atoms with Crippen LogP contribution < -0.4 is 5.43 Å². The Bertz CT molecular complexity index is 1130. The number of aromatic nitrogens is 4. The van der Waals surface area contributed by atoms with Crippen molar-refractivity contribution >= 4 is 34.2 Å². The Morgan fingerprint density at radius 3 is 2.97 bits per heavy atom. The number of allylic oxidation sites excluding steroid dienone is 4. The first-order valence-corrected chi connectivity index (χ1v) is 10.7. The number of hydrogen-bond donors (Lipinski definition) is 2. The molecule has 1 aromatic carbocycles. The minimum absolute atomic E-state index is 0.407. The van der Waals surface area contributed by atoms with Gasteiger partial charge in [0.05, 0.1) is 5.52 Å². The summed E-state index contributed by atoms with van der Waals surface area (Å²) in [4.78, 5) is 7.89. The van der Waals surface area contributed by atoms with Gasteiger partial charge in [0.1, 0.15) is 5.52 Å². The molecule has 2 heterocycles. The van der Waals surface area contributed by atoms with Gasteiger partial charge in [-0.1, -0.05) is 48.4 Å². The molecule has 2 N–H and O–H groups in total. The molecule has 3 aromatic rings. The molecule has 0 fully saturated rings. The van der Waals surface area contributed by atoms with Gasteiger partial charge in [0, 0.05) is 17.5 Å². The highest BCUT2D eigenvalue weighted by molar-refractivity contribution is 6.04. The Labute approximate surface area is 177 Å². The lowest BCUT2D eigenvalue weighted by molar-refractivity contribution is 0.431. The van der Waals surface area contributed by atoms with E-state index in [1.807, 2.05) is 18.3 Å². The molecule has 2 atom stereocenters. The van der Waals surface area contributed by atoms with E-state index in [2.05, 4.69) is 76.6 Å². The number of benzene rings is 1. The molecule has 1 aliphatic carbocycles. The molecule has 6 nitrogen and oxygen atoms in total. The van der Waals surface area contributed by atoms with Crippen LogP contribution in [0.25, 0.3) is 22.1 Å². The van der Waals surface area contributed by atoms with Crippen molar-refractivity contribution in [1.29, 1.82) is 0 Å². The second kappa shape index (κ2) is 8.78. The van der Waals surface area contributed by atoms with E-state index in [4.69, 9.17) is 0 Å². The summed E-state index contributed by atoms with van der Waals surface area (Å²) in [6.07, 6.45) is 11.2. The van der Waals surface area contributed by atoms with Crippen molar-refractivity contribution in [3.8, 4) is 0 Å². The quantitative estimate of drug-likeness (QED) is 0.304. The standard InChI is InChI=1S/C24H30N6/c1-15(2)7-5-9-18-11-12-19(17(4)13-18)14-25-29-24-27-23-22(28-30-24)20-10-6-8-16(3)21(20)26-23/h6-8,10-11,14,17,19H,5,9,12-13H2,1-4H3,(H2,26,27,29,30)/b25-14-/t17-,19+/m0/s1. The third kappa shape index (κ3) is 4.42. The maximum absolute atomic E-state index is 4.54. The van der Waals surface area contributed by atoms with Gasteiger partial charge >= 0.3 is 0 Å². The van der Waals surface area contributed by atoms with Crippen molar-refractivity contribution in [2.75, 3.05) is 5.43 Å². The fourth-order valence-electron chi connectivity index (χ4n) is 4.12. The molecule has 1 aliphatic rings. The summed E-state index contributed by atoms with van der Waals surface area (Å²) < 4.78 is 0. The summed E-state index contributed by atoms with van der Waals surface area (Å²) in [6, 6.07) is 6.13. The Hall–Kier alpha value is -3.02. The van der Waals surface area contributed by atoms with Crippen LogP contribution in [0.15, 0.2) is 46.6 Å². The second-order valence-electron chi connectivity index (χ2n) is 8.61. The van der Waals surface area contributed by atoms with E-state index < -0.39 is 0 Å². The average Bonchev–Trinajstić information content (AvgIpc) is 3.09. The van der Waals surface area contributed by atoms with Crippen LogP contribution in [0.1, 0.15) is 52.0 Å². The van der Waals surface area contributed by atoms with Crippen molar-refractivity contribution in [2.24, 2.45) is 16.9 Å². The minimum Gasteiger partial charge on any atom is -0.337 e. The zero-order valence-corrected chi connectivity index (χ0v) is 18.2. The van der Waals surface area contributed by atoms with Crippen LogP contribution in [0.2, 0.25) is 0 Å². The molecule has 0 saturated carbocycles. The van der Waals surface area contributed by atoms with Crippen LogP contribution in [0, 0.1) is 18.8 Å². The number of aryl methyl sites for hydroxylation is 1. The highest BCUT2D eigenvalue weighted by Gasteiger charge is 2.20. The lowest BCUT2D eigenvalue weighted by atomic mass is 9.80. The number of para-hydroxylation sites is 1. The van der Waals surface area contributed by atoms with Crippen LogP contribution in [0.4, 0.5) is 5.95 Å². The smallest absolute Gasteiger partial charge is 0.265 e. The van der Waals surface area contributed by atoms with Crippen LogP contribution in [0.3, 0.4) is 0 Å². The van der Waals surface area contributed by atoms with Gasteiger partial charge in [-0.2, -0.15) is 10.1 Å². The lowest BCUT2D eigenvalue weighted by Gasteiger charge is -2.25. The van der Waals surface area contributed by atoms with Crippen LogP contribution >= 0.6 is 0 Å². The highest BCUT2D eigenvalue weighted by Crippen LogP contribution is 2.30. The number of hydrogen-bond acceptors (Lipinski definition) is 5. The molecule has 2 aromatic heterocycles. The number of H-pyrrole nitrogens is 1. The van der Waals surface area contributed by atoms with Crippen molar-refractivity contribution < 1.29 is 0 Å². The van der Waals surface area contributed by atoms with Gasteiger partial charge in [-0.25, -0.2) is 5.43 Å². The molecule has 156 valence electrons. The Morgan fingerprint density at radius 1 is 1.30 bits per heavy atom. The second-order valence-corrected chi connectivity index (χ2v) is 8.61. The first-order valence-electron chi connectivity index (χ1n) is 10.7. The van der Waals surface area contributed by atoms with Gasteiger partial charge in [0.25, 0.3) is 5.95 Å². The first kappa shape index (κ1) is 20.3. The number of nitrogens with zero attached hydrogens (tertiary/aromatic N) is 4. The van der Waals surface area contributed by atoms with E-state index in [-0.39, 0.29) is 0 Å². The lowest BCUT2D eigenvalue weighted by Crippen LogP contribution is -2.18. The van der Waals surface area contributed by atoms with Gasteiger partial charge in [0.2, 0.25) is 0 Å². The van der Waals surface area contributed by atoms with Crippen molar-refractivity contribution in [1.82, 2.24) is 20.2 Å². The highest BCUT2D eigenvalue weighted by atomic mass is 15.4. The van der Waals surface area contributed by atoms with E-state index in [0.29, 0.717) is 17.8 Å². The summed E-state index contributed by atoms with van der Waals surface area (Å²) in [5.74, 6) is 1.42. The molecule has 0 spiro atoms. The monoisotopic (exact) mass is 402 g/mol. The molecule has 0 saturated heterocycles. The maximum Gasteiger partial charge on any atom is 0.265 e. The minimum atomic E-state index is 0.407. The molecule has 0 unspecified atom stereocenters. The molecule has 0 aliphatic heterocycles. The third-order valence-corrected chi connectivity index (χ3v) is 5.90. The van der Waals surface area contributed by atoms with Gasteiger partial charge in [-0.3, -0.25) is 0 Å². The van der Waals surface area contributed by atoms with E-state index in [1.54, 1.807) is 5.57 Å². The number of aromatic amines is 1. The Balaban J connectivity index is 1.40. The Morgan fingerprint density at radius 2 is 2.17 bits per heavy atom. The van der Waals surface area contributed by atoms with Crippen LogP contribution in [-0.2, 0) is 0 Å². The molecule has 30 heavy (non-hydrogen) atoms. The summed E-state index contributed by atoms with van der Waals surface area (Å²) in [5, 5.41) is 14.0. The summed E-state index contributed by atoms with van der Waals surface area (Å²) >= 11 is 0. The van der Waals surface area contributed by atoms with Crippen molar-refractivity contribution in [3.63, 3.8) is 0 Å². The number of nitrogens with one attached hydrogen (secondary N) is 2. The number of fused-ring (bicyclic) bond motifs is 3. The van der Waals surface area contributed by atoms with Gasteiger partial charge in [0.15, 0.2) is 5.65 Å². The molecule has 6 heteroatoms. The van der Waals surface area contributed by atoms with Crippen molar-refractivity contribution in [3.05, 3.63) is 47.1 Å². The van der Waals surface area contributed by atoms with E-state index >= 15 is 0 Å². The molecule has 0 amide bonds. The molecule has 0 bridgehead atoms. The summed E-state index contributed by atoms with van der Waals surface area (Å²) in [6.45, 7) is 8.70. The third-order valence-electron chi connectivity index (χ3n) is 5.90. The molecular weight excluding hydrogens is 372 g/mol. The number of rotatable bonds is 6. The van der Waals surface area contributed by atoms with Crippen molar-refractivity contribution in [2.45, 2.75) is 53.4 Å². The van der Waals surface area contributed by atoms with Crippen LogP contribution in [0.5, 0.6) is 0 Å². The average molecular weight is 403 g/mol. The molecule has 0 radical (unpaired) electrons. The largest absolute Gasteiger partial charge is 0.337 e. The first-order chi connectivity index (χ1) is 14.5. The fourth-order valence-corrected chi connectivity index (χ4v) is 4.12. The molecule has 4 rings (SSSR count). The summed E-state index contributed by atoms with van der Waals surface area (Å²) in [5.41, 5.74) is 9.66. The van der Waals surface area contributed by atoms with Gasteiger partial charge in [-0.15, -0.1) is 10.2 Å². The van der Waals surface area contributed by atoms with E-state index in [0.717, 1.165) is 41.3 Å². The predicted octanol–water partition coefficient (Wildman–Crippen LogP) is 5.93. The van der Waals surface area contributed by atoms with E-state index in [1.165, 1.54) is 17.6 Å². The summed E-state index contributed by atoms with van der Waals surface area (Å²) in [7, 11) is 0. The molecular formula is C24H30N6. The topological polar surface area (TPSA) is 78.8 Å². The maximum atomic E-state index is 4.54. The zero-order chi connectivity index (χ0) is 21.1. The van der Waals surface area contributed by atoms with Gasteiger partial charge in [-0.05, 0) is 57.9 Å². The fraction of sp³-hybridized carbons (Fsp3) is 0.417. The van der Waals surface area contributed by atoms with E-state index in [9.17, 15) is 0 Å². The predicted molar refractivity (Wildman–Crippen MR) is 125 cm³/mol.